The summed E-state index contributed by atoms with van der Waals surface area (Å²) >= 11 is 0. The molecule has 6 heteroatoms. The Balaban J connectivity index is 1.58. The molecule has 1 aliphatic heterocycles. The molecule has 0 bridgehead atoms. The zero-order valence-electron chi connectivity index (χ0n) is 11.9. The zero-order chi connectivity index (χ0) is 14.4. The highest BCUT2D eigenvalue weighted by Gasteiger charge is 2.27. The van der Waals surface area contributed by atoms with Crippen LogP contribution in [0.1, 0.15) is 38.5 Å². The molecule has 20 heavy (non-hydrogen) atoms. The first-order chi connectivity index (χ1) is 9.55. The molecule has 0 aromatic heterocycles. The molecule has 114 valence electrons. The van der Waals surface area contributed by atoms with Gasteiger partial charge in [0.15, 0.2) is 9.84 Å². The van der Waals surface area contributed by atoms with Gasteiger partial charge in [-0.15, -0.1) is 0 Å². The first-order valence-corrected chi connectivity index (χ1v) is 9.27. The molecule has 2 aliphatic rings. The topological polar surface area (TPSA) is 75.3 Å². The molecule has 0 aromatic rings. The van der Waals surface area contributed by atoms with Crippen LogP contribution >= 0.6 is 0 Å². The average Bonchev–Trinajstić information content (AvgIpc) is 2.77. The number of carbonyl (C=O) groups excluding carboxylic acids is 1. The van der Waals surface area contributed by atoms with Crippen LogP contribution in [0.4, 0.5) is 4.79 Å². The molecule has 0 saturated carbocycles. The Kier molecular flexibility index (Phi) is 5.46. The van der Waals surface area contributed by atoms with Crippen LogP contribution in [0.2, 0.25) is 0 Å². The number of rotatable bonds is 5. The molecule has 1 saturated heterocycles. The van der Waals surface area contributed by atoms with E-state index < -0.39 is 9.84 Å². The summed E-state index contributed by atoms with van der Waals surface area (Å²) in [5.41, 5.74) is 1.44. The molecule has 1 fully saturated rings. The molecule has 1 unspecified atom stereocenters. The van der Waals surface area contributed by atoms with Gasteiger partial charge in [-0.3, -0.25) is 0 Å². The van der Waals surface area contributed by atoms with Crippen LogP contribution in [0.15, 0.2) is 11.6 Å². The third-order valence-corrected chi connectivity index (χ3v) is 5.83. The van der Waals surface area contributed by atoms with Crippen LogP contribution in [0, 0.1) is 5.92 Å². The summed E-state index contributed by atoms with van der Waals surface area (Å²) in [6.07, 6.45) is 8.73. The fourth-order valence-electron chi connectivity index (χ4n) is 2.80. The third-order valence-electron chi connectivity index (χ3n) is 3.99. The molecule has 0 aromatic carbocycles. The molecule has 0 radical (unpaired) electrons. The number of urea groups is 1. The van der Waals surface area contributed by atoms with E-state index in [0.29, 0.717) is 19.5 Å². The number of allylic oxidation sites excluding steroid dienone is 1. The van der Waals surface area contributed by atoms with Crippen molar-refractivity contribution in [1.82, 2.24) is 10.6 Å². The number of nitrogens with one attached hydrogen (secondary N) is 2. The predicted molar refractivity (Wildman–Crippen MR) is 79.3 cm³/mol. The second kappa shape index (κ2) is 7.11. The smallest absolute Gasteiger partial charge is 0.314 e. The Morgan fingerprint density at radius 3 is 2.80 bits per heavy atom. The largest absolute Gasteiger partial charge is 0.338 e. The van der Waals surface area contributed by atoms with Gasteiger partial charge in [-0.05, 0) is 44.4 Å². The van der Waals surface area contributed by atoms with Crippen molar-refractivity contribution in [3.8, 4) is 0 Å². The van der Waals surface area contributed by atoms with Crippen molar-refractivity contribution in [2.75, 3.05) is 24.6 Å². The maximum atomic E-state index is 11.6. The van der Waals surface area contributed by atoms with Gasteiger partial charge in [-0.1, -0.05) is 11.6 Å². The lowest BCUT2D eigenvalue weighted by atomic mass is 9.97. The Bertz CT molecular complexity index is 471. The summed E-state index contributed by atoms with van der Waals surface area (Å²) in [7, 11) is -2.85. The molecule has 2 N–H and O–H groups in total. The number of amides is 2. The van der Waals surface area contributed by atoms with Gasteiger partial charge in [0.05, 0.1) is 11.5 Å². The number of hydrogen-bond acceptors (Lipinski definition) is 3. The van der Waals surface area contributed by atoms with Gasteiger partial charge in [0.1, 0.15) is 0 Å². The first kappa shape index (κ1) is 15.4. The van der Waals surface area contributed by atoms with Gasteiger partial charge in [-0.2, -0.15) is 0 Å². The minimum absolute atomic E-state index is 0.0757. The summed E-state index contributed by atoms with van der Waals surface area (Å²) in [6.45, 7) is 1.11. The standard InChI is InChI=1S/C14H24N2O3S/c17-14(15-8-6-12-4-2-1-3-5-12)16-10-13-7-9-20(18,19)11-13/h4,13H,1-3,5-11H2,(H2,15,16,17). The number of sulfone groups is 1. The van der Waals surface area contributed by atoms with Crippen LogP contribution in [0.5, 0.6) is 0 Å². The zero-order valence-corrected chi connectivity index (χ0v) is 12.7. The van der Waals surface area contributed by atoms with E-state index in [-0.39, 0.29) is 23.5 Å². The van der Waals surface area contributed by atoms with E-state index in [1.165, 1.54) is 18.4 Å². The average molecular weight is 300 g/mol. The van der Waals surface area contributed by atoms with Crippen molar-refractivity contribution in [3.05, 3.63) is 11.6 Å². The Morgan fingerprint density at radius 1 is 1.30 bits per heavy atom. The van der Waals surface area contributed by atoms with E-state index in [9.17, 15) is 13.2 Å². The van der Waals surface area contributed by atoms with Gasteiger partial charge < -0.3 is 10.6 Å². The van der Waals surface area contributed by atoms with E-state index in [0.717, 1.165) is 19.3 Å². The van der Waals surface area contributed by atoms with Crippen molar-refractivity contribution >= 4 is 15.9 Å². The summed E-state index contributed by atoms with van der Waals surface area (Å²) in [5.74, 6) is 0.543. The summed E-state index contributed by atoms with van der Waals surface area (Å²) < 4.78 is 22.6. The quantitative estimate of drug-likeness (QED) is 0.757. The molecular weight excluding hydrogens is 276 g/mol. The second-order valence-electron chi connectivity index (χ2n) is 5.76. The van der Waals surface area contributed by atoms with Crippen molar-refractivity contribution in [1.29, 1.82) is 0 Å². The first-order valence-electron chi connectivity index (χ1n) is 7.45. The van der Waals surface area contributed by atoms with E-state index in [1.807, 2.05) is 0 Å². The van der Waals surface area contributed by atoms with Gasteiger partial charge in [0.25, 0.3) is 0 Å². The lowest BCUT2D eigenvalue weighted by molar-refractivity contribution is 0.239. The molecular formula is C14H24N2O3S. The van der Waals surface area contributed by atoms with Crippen molar-refractivity contribution in [3.63, 3.8) is 0 Å². The molecule has 0 spiro atoms. The molecule has 1 atom stereocenters. The molecule has 2 rings (SSSR count). The van der Waals surface area contributed by atoms with Gasteiger partial charge >= 0.3 is 6.03 Å². The van der Waals surface area contributed by atoms with Gasteiger partial charge in [0.2, 0.25) is 0 Å². The molecule has 2 amide bonds. The van der Waals surface area contributed by atoms with Crippen LogP contribution in [0.25, 0.3) is 0 Å². The predicted octanol–water partition coefficient (Wildman–Crippen LogP) is 1.61. The summed E-state index contributed by atoms with van der Waals surface area (Å²) in [5, 5.41) is 5.60. The molecule has 5 nitrogen and oxygen atoms in total. The Morgan fingerprint density at radius 2 is 2.15 bits per heavy atom. The summed E-state index contributed by atoms with van der Waals surface area (Å²) in [4.78, 5) is 11.6. The highest BCUT2D eigenvalue weighted by atomic mass is 32.2. The van der Waals surface area contributed by atoms with E-state index in [1.54, 1.807) is 0 Å². The van der Waals surface area contributed by atoms with E-state index in [2.05, 4.69) is 16.7 Å². The van der Waals surface area contributed by atoms with Crippen LogP contribution in [-0.4, -0.2) is 39.0 Å². The SMILES string of the molecule is O=C(NCCC1=CCCCC1)NCC1CCS(=O)(=O)C1. The van der Waals surface area contributed by atoms with Gasteiger partial charge in [-0.25, -0.2) is 13.2 Å². The lowest BCUT2D eigenvalue weighted by Crippen LogP contribution is -2.39. The number of carbonyl (C=O) groups is 1. The highest BCUT2D eigenvalue weighted by Crippen LogP contribution is 2.19. The van der Waals surface area contributed by atoms with Crippen LogP contribution in [-0.2, 0) is 9.84 Å². The number of hydrogen-bond donors (Lipinski definition) is 2. The van der Waals surface area contributed by atoms with Crippen molar-refractivity contribution in [2.24, 2.45) is 5.92 Å². The fraction of sp³-hybridized carbons (Fsp3) is 0.786. The molecule has 1 heterocycles. The third kappa shape index (κ3) is 5.15. The van der Waals surface area contributed by atoms with Crippen molar-refractivity contribution < 1.29 is 13.2 Å². The highest BCUT2D eigenvalue weighted by molar-refractivity contribution is 7.91. The normalized spacial score (nSPS) is 25.0. The van der Waals surface area contributed by atoms with E-state index >= 15 is 0 Å². The molecule has 1 aliphatic carbocycles. The van der Waals surface area contributed by atoms with Crippen LogP contribution in [0.3, 0.4) is 0 Å². The van der Waals surface area contributed by atoms with Crippen molar-refractivity contribution in [2.45, 2.75) is 38.5 Å². The van der Waals surface area contributed by atoms with E-state index in [4.69, 9.17) is 0 Å². The Labute approximate surface area is 121 Å². The lowest BCUT2D eigenvalue weighted by Gasteiger charge is -2.14. The van der Waals surface area contributed by atoms with Gasteiger partial charge in [0, 0.05) is 13.1 Å². The fourth-order valence-corrected chi connectivity index (χ4v) is 4.66. The van der Waals surface area contributed by atoms with Crippen LogP contribution < -0.4 is 10.6 Å². The summed E-state index contributed by atoms with van der Waals surface area (Å²) in [6, 6.07) is -0.189. The minimum Gasteiger partial charge on any atom is -0.338 e. The maximum Gasteiger partial charge on any atom is 0.314 e. The Hall–Kier alpha value is -1.04. The maximum absolute atomic E-state index is 11.6. The second-order valence-corrected chi connectivity index (χ2v) is 7.99. The monoisotopic (exact) mass is 300 g/mol. The minimum atomic E-state index is -2.85.